The molecular formula is C19H15ClN3O6S-. The van der Waals surface area contributed by atoms with Gasteiger partial charge < -0.3 is 15.2 Å². The van der Waals surface area contributed by atoms with E-state index < -0.39 is 27.1 Å². The van der Waals surface area contributed by atoms with Crippen LogP contribution in [0.2, 0.25) is 0 Å². The van der Waals surface area contributed by atoms with Crippen molar-refractivity contribution in [3.05, 3.63) is 67.8 Å². The number of nitro benzene ring substituents is 2. The van der Waals surface area contributed by atoms with Gasteiger partial charge in [-0.25, -0.2) is 0 Å². The molecule has 30 heavy (non-hydrogen) atoms. The maximum atomic E-state index is 11.6. The molecule has 9 nitrogen and oxygen atoms in total. The van der Waals surface area contributed by atoms with Gasteiger partial charge in [0.1, 0.15) is 0 Å². The molecule has 1 saturated carbocycles. The van der Waals surface area contributed by atoms with Crippen LogP contribution in [0, 0.1) is 26.1 Å². The zero-order valence-electron chi connectivity index (χ0n) is 15.3. The zero-order chi connectivity index (χ0) is 21.6. The Balaban J connectivity index is 1.73. The standard InChI is InChI=1S/C19H16ClN3O6S/c20-17-14(30-13-4-2-1-3-11(13)22(26)27)7-9-8-21-18-10(19(24)25)5-6-12(23(28)29)16(18)15(9)17/h1-6,9,14-15,17,21H,7-8H2,(H,24,25)/p-1/t9-,14-,15+,17+/m0/s1. The van der Waals surface area contributed by atoms with E-state index in [4.69, 9.17) is 11.6 Å². The zero-order valence-corrected chi connectivity index (χ0v) is 16.9. The summed E-state index contributed by atoms with van der Waals surface area (Å²) in [5.41, 5.74) is 0.0768. The number of carbonyl (C=O) groups is 1. The molecule has 0 bridgehead atoms. The molecule has 156 valence electrons. The normalized spacial score (nSPS) is 24.4. The van der Waals surface area contributed by atoms with Gasteiger partial charge in [0.15, 0.2) is 0 Å². The summed E-state index contributed by atoms with van der Waals surface area (Å²) in [5.74, 6) is -1.96. The number of nitrogens with zero attached hydrogens (tertiary/aromatic N) is 2. The monoisotopic (exact) mass is 448 g/mol. The van der Waals surface area contributed by atoms with Crippen molar-refractivity contribution in [3.63, 3.8) is 0 Å². The van der Waals surface area contributed by atoms with Crippen molar-refractivity contribution in [1.29, 1.82) is 0 Å². The number of aromatic carboxylic acids is 1. The van der Waals surface area contributed by atoms with Crippen molar-refractivity contribution in [2.24, 2.45) is 5.92 Å². The number of hydrogen-bond donors (Lipinski definition) is 1. The number of fused-ring (bicyclic) bond motifs is 3. The van der Waals surface area contributed by atoms with Crippen molar-refractivity contribution in [2.75, 3.05) is 11.9 Å². The Morgan fingerprint density at radius 1 is 1.10 bits per heavy atom. The van der Waals surface area contributed by atoms with Crippen LogP contribution in [0.25, 0.3) is 0 Å². The van der Waals surface area contributed by atoms with E-state index in [0.29, 0.717) is 17.9 Å². The molecule has 0 unspecified atom stereocenters. The first-order valence-corrected chi connectivity index (χ1v) is 10.4. The minimum absolute atomic E-state index is 0.0232. The Kier molecular flexibility index (Phi) is 5.29. The SMILES string of the molecule is O=C([O-])c1ccc([N+](=O)[O-])c2c1NC[C@@H]1C[C@H](Sc3ccccc3[N+](=O)[O-])[C@@H](Cl)[C@@H]21. The molecule has 2 aromatic carbocycles. The Hall–Kier alpha value is -2.85. The van der Waals surface area contributed by atoms with E-state index in [-0.39, 0.29) is 39.4 Å². The van der Waals surface area contributed by atoms with Gasteiger partial charge in [0, 0.05) is 35.4 Å². The lowest BCUT2D eigenvalue weighted by atomic mass is 9.82. The van der Waals surface area contributed by atoms with Crippen LogP contribution in [0.1, 0.15) is 28.3 Å². The van der Waals surface area contributed by atoms with E-state index in [1.807, 2.05) is 0 Å². The van der Waals surface area contributed by atoms with E-state index in [2.05, 4.69) is 5.32 Å². The molecule has 1 N–H and O–H groups in total. The third-order valence-corrected chi connectivity index (χ3v) is 7.71. The van der Waals surface area contributed by atoms with Gasteiger partial charge in [-0.1, -0.05) is 12.1 Å². The maximum Gasteiger partial charge on any atom is 0.282 e. The van der Waals surface area contributed by atoms with Crippen LogP contribution in [0.4, 0.5) is 17.1 Å². The summed E-state index contributed by atoms with van der Waals surface area (Å²) in [4.78, 5) is 33.9. The lowest BCUT2D eigenvalue weighted by Gasteiger charge is -2.32. The van der Waals surface area contributed by atoms with Crippen molar-refractivity contribution in [3.8, 4) is 0 Å². The molecule has 11 heteroatoms. The van der Waals surface area contributed by atoms with E-state index in [1.165, 1.54) is 23.9 Å². The Morgan fingerprint density at radius 3 is 2.47 bits per heavy atom. The van der Waals surface area contributed by atoms with Crippen molar-refractivity contribution < 1.29 is 19.7 Å². The number of rotatable bonds is 5. The second-order valence-corrected chi connectivity index (χ2v) is 8.98. The number of anilines is 1. The lowest BCUT2D eigenvalue weighted by molar-refractivity contribution is -0.387. The molecule has 4 atom stereocenters. The Morgan fingerprint density at radius 2 is 1.80 bits per heavy atom. The average Bonchev–Trinajstić information content (AvgIpc) is 3.02. The minimum atomic E-state index is -1.43. The number of hydrogen-bond acceptors (Lipinski definition) is 8. The largest absolute Gasteiger partial charge is 0.545 e. The van der Waals surface area contributed by atoms with Crippen LogP contribution in [0.5, 0.6) is 0 Å². The molecule has 0 radical (unpaired) electrons. The lowest BCUT2D eigenvalue weighted by Crippen LogP contribution is -2.32. The molecular weight excluding hydrogens is 434 g/mol. The molecule has 4 rings (SSSR count). The van der Waals surface area contributed by atoms with Crippen LogP contribution in [0.15, 0.2) is 41.3 Å². The summed E-state index contributed by atoms with van der Waals surface area (Å²) in [5, 5.41) is 36.7. The van der Waals surface area contributed by atoms with Gasteiger partial charge in [-0.05, 0) is 24.5 Å². The number of nitrogens with one attached hydrogen (secondary N) is 1. The Labute approximate surface area is 179 Å². The van der Waals surface area contributed by atoms with Crippen LogP contribution in [-0.2, 0) is 0 Å². The number of carboxylic acids is 1. The summed E-state index contributed by atoms with van der Waals surface area (Å²) in [6.07, 6.45) is 0.578. The van der Waals surface area contributed by atoms with Crippen LogP contribution < -0.4 is 10.4 Å². The molecule has 2 aromatic rings. The van der Waals surface area contributed by atoms with Gasteiger partial charge >= 0.3 is 0 Å². The van der Waals surface area contributed by atoms with E-state index in [1.54, 1.807) is 18.2 Å². The molecule has 1 aliphatic carbocycles. The van der Waals surface area contributed by atoms with Crippen molar-refractivity contribution in [1.82, 2.24) is 0 Å². The highest BCUT2D eigenvalue weighted by Crippen LogP contribution is 2.55. The van der Waals surface area contributed by atoms with Gasteiger partial charge in [-0.15, -0.1) is 23.4 Å². The van der Waals surface area contributed by atoms with E-state index in [0.717, 1.165) is 6.07 Å². The molecule has 1 aliphatic heterocycles. The summed E-state index contributed by atoms with van der Waals surface area (Å²) in [7, 11) is 0. The van der Waals surface area contributed by atoms with Gasteiger partial charge in [0.2, 0.25) is 0 Å². The summed E-state index contributed by atoms with van der Waals surface area (Å²) < 4.78 is 0. The fraction of sp³-hybridized carbons (Fsp3) is 0.316. The Bertz CT molecular complexity index is 1060. The smallest absolute Gasteiger partial charge is 0.282 e. The second kappa shape index (κ2) is 7.77. The van der Waals surface area contributed by atoms with E-state index in [9.17, 15) is 30.1 Å². The van der Waals surface area contributed by atoms with Crippen LogP contribution >= 0.6 is 23.4 Å². The number of carboxylic acid groups (broad SMARTS) is 1. The third-order valence-electron chi connectivity index (χ3n) is 5.59. The summed E-state index contributed by atoms with van der Waals surface area (Å²) in [6, 6.07) is 8.68. The second-order valence-electron chi connectivity index (χ2n) is 7.19. The average molecular weight is 449 g/mol. The summed E-state index contributed by atoms with van der Waals surface area (Å²) >= 11 is 8.05. The molecule has 0 amide bonds. The fourth-order valence-electron chi connectivity index (χ4n) is 4.35. The van der Waals surface area contributed by atoms with Gasteiger partial charge in [0.25, 0.3) is 11.4 Å². The van der Waals surface area contributed by atoms with Gasteiger partial charge in [-0.3, -0.25) is 20.2 Å². The van der Waals surface area contributed by atoms with Crippen LogP contribution in [-0.4, -0.2) is 33.0 Å². The molecule has 1 heterocycles. The number of thioether (sulfide) groups is 1. The first-order valence-electron chi connectivity index (χ1n) is 9.10. The highest BCUT2D eigenvalue weighted by molar-refractivity contribution is 8.00. The maximum absolute atomic E-state index is 11.6. The van der Waals surface area contributed by atoms with Crippen molar-refractivity contribution >= 4 is 46.4 Å². The van der Waals surface area contributed by atoms with Crippen molar-refractivity contribution in [2.45, 2.75) is 27.9 Å². The number of benzene rings is 2. The first kappa shape index (κ1) is 20.4. The van der Waals surface area contributed by atoms with Gasteiger partial charge in [0.05, 0.1) is 37.3 Å². The van der Waals surface area contributed by atoms with Gasteiger partial charge in [-0.2, -0.15) is 0 Å². The number of alkyl halides is 1. The predicted molar refractivity (Wildman–Crippen MR) is 109 cm³/mol. The predicted octanol–water partition coefficient (Wildman–Crippen LogP) is 3.16. The highest BCUT2D eigenvalue weighted by atomic mass is 35.5. The minimum Gasteiger partial charge on any atom is -0.545 e. The first-order chi connectivity index (χ1) is 14.3. The quantitative estimate of drug-likeness (QED) is 0.418. The van der Waals surface area contributed by atoms with Crippen LogP contribution in [0.3, 0.4) is 0 Å². The molecule has 1 fully saturated rings. The highest BCUT2D eigenvalue weighted by Gasteiger charge is 2.49. The molecule has 0 aromatic heterocycles. The number of halogens is 1. The number of nitro groups is 2. The summed E-state index contributed by atoms with van der Waals surface area (Å²) in [6.45, 7) is 0.399. The van der Waals surface area contributed by atoms with E-state index >= 15 is 0 Å². The molecule has 0 saturated heterocycles. The number of para-hydroxylation sites is 1. The number of carbonyl (C=O) groups excluding carboxylic acids is 1. The fourth-order valence-corrected chi connectivity index (χ4v) is 6.33. The topological polar surface area (TPSA) is 138 Å². The molecule has 0 spiro atoms. The third kappa shape index (κ3) is 3.35. The molecule has 2 aliphatic rings.